The molecule has 1 unspecified atom stereocenters. The number of nitrogens with one attached hydrogen (secondary N) is 1. The van der Waals surface area contributed by atoms with E-state index in [4.69, 9.17) is 18.9 Å². The van der Waals surface area contributed by atoms with Crippen molar-refractivity contribution in [2.24, 2.45) is 0 Å². The maximum Gasteiger partial charge on any atom is 0.250 e. The number of carbonyl (C=O) groups excluding carboxylic acids is 2. The van der Waals surface area contributed by atoms with Crippen LogP contribution in [0.3, 0.4) is 0 Å². The van der Waals surface area contributed by atoms with Gasteiger partial charge in [0.05, 0.1) is 33.0 Å². The minimum absolute atomic E-state index is 0.0767. The summed E-state index contributed by atoms with van der Waals surface area (Å²) in [6.45, 7) is 4.39. The number of ether oxygens (including phenoxy) is 4. The van der Waals surface area contributed by atoms with Gasteiger partial charge in [0.25, 0.3) is 5.91 Å². The van der Waals surface area contributed by atoms with Crippen LogP contribution in [0.2, 0.25) is 0 Å². The van der Waals surface area contributed by atoms with Gasteiger partial charge in [-0.3, -0.25) is 9.59 Å². The minimum Gasteiger partial charge on any atom is -0.381 e. The van der Waals surface area contributed by atoms with Crippen LogP contribution < -0.4 is 5.32 Å². The summed E-state index contributed by atoms with van der Waals surface area (Å²) in [5.41, 5.74) is 2.79. The largest absolute Gasteiger partial charge is 0.381 e. The summed E-state index contributed by atoms with van der Waals surface area (Å²) in [5.74, 6) is -1.04. The van der Waals surface area contributed by atoms with E-state index < -0.39 is 48.6 Å². The lowest BCUT2D eigenvalue weighted by Crippen LogP contribution is -2.67. The molecule has 1 aliphatic rings. The first-order valence-electron chi connectivity index (χ1n) is 19.4. The Balaban J connectivity index is 1.47. The first kappa shape index (κ1) is 42.1. The molecule has 0 spiro atoms. The van der Waals surface area contributed by atoms with Gasteiger partial charge in [-0.1, -0.05) is 149 Å². The fourth-order valence-corrected chi connectivity index (χ4v) is 6.66. The molecule has 0 aliphatic carbocycles. The van der Waals surface area contributed by atoms with Gasteiger partial charge in [0, 0.05) is 13.5 Å². The third-order valence-electron chi connectivity index (χ3n) is 9.61. The zero-order valence-corrected chi connectivity index (χ0v) is 31.5. The van der Waals surface area contributed by atoms with Gasteiger partial charge in [-0.25, -0.2) is 0 Å². The van der Waals surface area contributed by atoms with Crippen LogP contribution >= 0.6 is 0 Å². The normalized spacial score (nSPS) is 20.5. The lowest BCUT2D eigenvalue weighted by Gasteiger charge is -2.48. The molecule has 0 saturated carbocycles. The molecule has 10 nitrogen and oxygen atoms in total. The standard InChI is InChI=1S/C43H60N2O8/c1-3-4-5-6-7-8-9-10-20-27-44-42(48)37(47)28-45(33(2)46)39-41(52-31-36-25-18-13-19-26-36)40(51-30-35-23-16-12-17-24-35)38(53-43(39)49)32-50-29-34-21-14-11-15-22-34/h11-19,21-26,37-41,43,47,49H,3-10,20,27-32H2,1-2H3,(H,44,48)/t37?,38-,39-,40-,41-,43+/m1/s1. The molecule has 0 bridgehead atoms. The van der Waals surface area contributed by atoms with E-state index >= 15 is 0 Å². The van der Waals surface area contributed by atoms with Crippen molar-refractivity contribution < 1.29 is 38.7 Å². The first-order valence-corrected chi connectivity index (χ1v) is 19.4. The predicted octanol–water partition coefficient (Wildman–Crippen LogP) is 6.32. The number of benzene rings is 3. The number of aliphatic hydroxyl groups is 2. The van der Waals surface area contributed by atoms with E-state index in [1.54, 1.807) is 0 Å². The van der Waals surface area contributed by atoms with Crippen LogP contribution in [0.15, 0.2) is 91.0 Å². The highest BCUT2D eigenvalue weighted by Crippen LogP contribution is 2.31. The average molecular weight is 733 g/mol. The number of hydrogen-bond donors (Lipinski definition) is 3. The Hall–Kier alpha value is -3.64. The van der Waals surface area contributed by atoms with Crippen molar-refractivity contribution in [1.82, 2.24) is 10.2 Å². The van der Waals surface area contributed by atoms with Gasteiger partial charge in [-0.15, -0.1) is 0 Å². The molecule has 3 aromatic carbocycles. The maximum absolute atomic E-state index is 13.3. The second-order valence-corrected chi connectivity index (χ2v) is 13.9. The molecule has 6 atom stereocenters. The number of hydrogen-bond acceptors (Lipinski definition) is 8. The monoisotopic (exact) mass is 732 g/mol. The number of unbranched alkanes of at least 4 members (excludes halogenated alkanes) is 8. The van der Waals surface area contributed by atoms with Crippen molar-refractivity contribution in [3.05, 3.63) is 108 Å². The summed E-state index contributed by atoms with van der Waals surface area (Å²) < 4.78 is 25.4. The highest BCUT2D eigenvalue weighted by molar-refractivity contribution is 5.82. The van der Waals surface area contributed by atoms with Crippen LogP contribution in [0, 0.1) is 0 Å². The molecule has 4 rings (SSSR count). The van der Waals surface area contributed by atoms with E-state index in [9.17, 15) is 19.8 Å². The van der Waals surface area contributed by atoms with Crippen molar-refractivity contribution in [1.29, 1.82) is 0 Å². The topological polar surface area (TPSA) is 127 Å². The van der Waals surface area contributed by atoms with Gasteiger partial charge in [0.15, 0.2) is 6.29 Å². The van der Waals surface area contributed by atoms with E-state index in [0.717, 1.165) is 36.0 Å². The summed E-state index contributed by atoms with van der Waals surface area (Å²) in [4.78, 5) is 27.6. The number of rotatable bonds is 24. The van der Waals surface area contributed by atoms with Gasteiger partial charge in [-0.05, 0) is 23.1 Å². The number of carbonyl (C=O) groups is 2. The molecule has 0 radical (unpaired) electrons. The fraction of sp³-hybridized carbons (Fsp3) is 0.535. The van der Waals surface area contributed by atoms with E-state index in [-0.39, 0.29) is 26.4 Å². The molecule has 1 fully saturated rings. The summed E-state index contributed by atoms with van der Waals surface area (Å²) >= 11 is 0. The Kier molecular flexibility index (Phi) is 19.0. The fourth-order valence-electron chi connectivity index (χ4n) is 6.66. The highest BCUT2D eigenvalue weighted by Gasteiger charge is 2.50. The molecule has 53 heavy (non-hydrogen) atoms. The Bertz CT molecular complexity index is 1430. The Morgan fingerprint density at radius 1 is 0.736 bits per heavy atom. The Morgan fingerprint density at radius 2 is 1.23 bits per heavy atom. The second kappa shape index (κ2) is 23.9. The van der Waals surface area contributed by atoms with Crippen LogP contribution in [-0.2, 0) is 48.4 Å². The first-order chi connectivity index (χ1) is 25.9. The van der Waals surface area contributed by atoms with E-state index in [1.165, 1.54) is 50.3 Å². The summed E-state index contributed by atoms with van der Waals surface area (Å²) in [5, 5.41) is 25.5. The van der Waals surface area contributed by atoms with Crippen molar-refractivity contribution in [2.45, 2.75) is 128 Å². The maximum atomic E-state index is 13.3. The molecule has 1 aliphatic heterocycles. The number of nitrogens with zero attached hydrogens (tertiary/aromatic N) is 1. The molecule has 10 heteroatoms. The van der Waals surface area contributed by atoms with Gasteiger partial charge >= 0.3 is 0 Å². The average Bonchev–Trinajstić information content (AvgIpc) is 3.17. The molecule has 1 saturated heterocycles. The van der Waals surface area contributed by atoms with E-state index in [1.807, 2.05) is 91.0 Å². The van der Waals surface area contributed by atoms with Gasteiger partial charge in [0.2, 0.25) is 5.91 Å². The lowest BCUT2D eigenvalue weighted by atomic mass is 9.94. The van der Waals surface area contributed by atoms with Crippen LogP contribution in [0.4, 0.5) is 0 Å². The quantitative estimate of drug-likeness (QED) is 0.0915. The molecule has 0 aromatic heterocycles. The number of aliphatic hydroxyl groups excluding tert-OH is 2. The summed E-state index contributed by atoms with van der Waals surface area (Å²) in [6, 6.07) is 27.9. The molecule has 1 heterocycles. The van der Waals surface area contributed by atoms with E-state index in [0.29, 0.717) is 13.2 Å². The molecule has 2 amide bonds. The highest BCUT2D eigenvalue weighted by atomic mass is 16.7. The zero-order chi connectivity index (χ0) is 37.7. The second-order valence-electron chi connectivity index (χ2n) is 13.9. The van der Waals surface area contributed by atoms with Gasteiger partial charge in [0.1, 0.15) is 30.5 Å². The minimum atomic E-state index is -1.53. The molecular weight excluding hydrogens is 672 g/mol. The van der Waals surface area contributed by atoms with E-state index in [2.05, 4.69) is 12.2 Å². The summed E-state index contributed by atoms with van der Waals surface area (Å²) in [6.07, 6.45) is 4.86. The zero-order valence-electron chi connectivity index (χ0n) is 31.5. The lowest BCUT2D eigenvalue weighted by molar-refractivity contribution is -0.292. The van der Waals surface area contributed by atoms with Crippen LogP contribution in [0.5, 0.6) is 0 Å². The van der Waals surface area contributed by atoms with Crippen molar-refractivity contribution in [2.75, 3.05) is 19.7 Å². The van der Waals surface area contributed by atoms with Crippen molar-refractivity contribution >= 4 is 11.8 Å². The third-order valence-corrected chi connectivity index (χ3v) is 9.61. The molecule has 290 valence electrons. The van der Waals surface area contributed by atoms with Crippen molar-refractivity contribution in [3.63, 3.8) is 0 Å². The predicted molar refractivity (Wildman–Crippen MR) is 204 cm³/mol. The van der Waals surface area contributed by atoms with Gasteiger partial charge in [-0.2, -0.15) is 0 Å². The van der Waals surface area contributed by atoms with Crippen LogP contribution in [0.25, 0.3) is 0 Å². The molecule has 3 N–H and O–H groups in total. The molecular formula is C43H60N2O8. The van der Waals surface area contributed by atoms with Crippen LogP contribution in [0.1, 0.15) is 88.3 Å². The number of amides is 2. The SMILES string of the molecule is CCCCCCCCCCCNC(=O)C(O)CN(C(C)=O)[C@@H]1[C@@H](OCc2ccccc2)[C@H](OCc2ccccc2)[C@@H](COCc2ccccc2)O[C@@H]1O. The van der Waals surface area contributed by atoms with Crippen LogP contribution in [-0.4, -0.2) is 83.4 Å². The Morgan fingerprint density at radius 3 is 1.75 bits per heavy atom. The van der Waals surface area contributed by atoms with Gasteiger partial charge < -0.3 is 39.4 Å². The molecule has 3 aromatic rings. The Labute approximate surface area is 315 Å². The summed E-state index contributed by atoms with van der Waals surface area (Å²) in [7, 11) is 0. The smallest absolute Gasteiger partial charge is 0.250 e. The van der Waals surface area contributed by atoms with Crippen molar-refractivity contribution in [3.8, 4) is 0 Å². The third kappa shape index (κ3) is 14.6.